The molecule has 116 valence electrons. The van der Waals surface area contributed by atoms with Gasteiger partial charge >= 0.3 is 0 Å². The van der Waals surface area contributed by atoms with Crippen LogP contribution >= 0.6 is 0 Å². The van der Waals surface area contributed by atoms with E-state index in [2.05, 4.69) is 65.7 Å². The maximum Gasteiger partial charge on any atom is 0.0832 e. The van der Waals surface area contributed by atoms with Crippen molar-refractivity contribution >= 4 is 0 Å². The van der Waals surface area contributed by atoms with Gasteiger partial charge in [-0.2, -0.15) is 0 Å². The van der Waals surface area contributed by atoms with Gasteiger partial charge in [-0.3, -0.25) is 10.2 Å². The molecule has 0 radical (unpaired) electrons. The van der Waals surface area contributed by atoms with E-state index in [1.165, 1.54) is 11.1 Å². The van der Waals surface area contributed by atoms with Gasteiger partial charge in [0.2, 0.25) is 0 Å². The van der Waals surface area contributed by atoms with Gasteiger partial charge in [0.05, 0.1) is 12.1 Å². The Morgan fingerprint density at radius 2 is 1.55 bits per heavy atom. The number of hydrogen-bond acceptors (Lipinski definition) is 3. The minimum atomic E-state index is -0.310. The van der Waals surface area contributed by atoms with E-state index < -0.39 is 0 Å². The molecule has 3 heteroatoms. The van der Waals surface area contributed by atoms with Gasteiger partial charge in [-0.25, -0.2) is 0 Å². The molecule has 0 bridgehead atoms. The minimum Gasteiger partial charge on any atom is -0.390 e. The largest absolute Gasteiger partial charge is 0.390 e. The standard InChI is InChI=1S/C19H24N2O/c1-2-21-13-17(18(22)14-21)20-19(15-9-5-3-6-10-15)16-11-7-4-8-12-16/h3-12,17-20,22H,2,13-14H2,1H3. The Bertz CT molecular complexity index is 533. The third-order valence-electron chi connectivity index (χ3n) is 4.46. The van der Waals surface area contributed by atoms with Gasteiger partial charge in [-0.15, -0.1) is 0 Å². The number of aliphatic hydroxyl groups excluding tert-OH is 1. The number of hydrogen-bond donors (Lipinski definition) is 2. The molecule has 1 aliphatic rings. The maximum atomic E-state index is 10.3. The van der Waals surface area contributed by atoms with Crippen molar-refractivity contribution in [3.63, 3.8) is 0 Å². The van der Waals surface area contributed by atoms with Crippen molar-refractivity contribution < 1.29 is 5.11 Å². The van der Waals surface area contributed by atoms with Gasteiger partial charge in [-0.05, 0) is 17.7 Å². The average molecular weight is 296 g/mol. The Labute approximate surface area is 132 Å². The molecule has 1 heterocycles. The van der Waals surface area contributed by atoms with Crippen molar-refractivity contribution in [2.75, 3.05) is 19.6 Å². The Kier molecular flexibility index (Phi) is 4.88. The monoisotopic (exact) mass is 296 g/mol. The number of nitrogens with zero attached hydrogens (tertiary/aromatic N) is 1. The van der Waals surface area contributed by atoms with E-state index in [4.69, 9.17) is 0 Å². The van der Waals surface area contributed by atoms with E-state index >= 15 is 0 Å². The minimum absolute atomic E-state index is 0.102. The molecule has 0 aromatic heterocycles. The van der Waals surface area contributed by atoms with Gasteiger partial charge in [0, 0.05) is 19.1 Å². The predicted molar refractivity (Wildman–Crippen MR) is 89.8 cm³/mol. The lowest BCUT2D eigenvalue weighted by Crippen LogP contribution is -2.41. The van der Waals surface area contributed by atoms with E-state index in [0.717, 1.165) is 19.6 Å². The predicted octanol–water partition coefficient (Wildman–Crippen LogP) is 2.43. The lowest BCUT2D eigenvalue weighted by atomic mass is 9.97. The highest BCUT2D eigenvalue weighted by Gasteiger charge is 2.32. The van der Waals surface area contributed by atoms with Crippen molar-refractivity contribution in [3.8, 4) is 0 Å². The first kappa shape index (κ1) is 15.2. The molecule has 2 N–H and O–H groups in total. The molecule has 2 aromatic rings. The highest BCUT2D eigenvalue weighted by molar-refractivity contribution is 5.31. The summed E-state index contributed by atoms with van der Waals surface area (Å²) in [6.45, 7) is 4.77. The van der Waals surface area contributed by atoms with E-state index in [0.29, 0.717) is 0 Å². The van der Waals surface area contributed by atoms with Crippen LogP contribution in [0.3, 0.4) is 0 Å². The van der Waals surface area contributed by atoms with Crippen LogP contribution in [0.25, 0.3) is 0 Å². The summed E-state index contributed by atoms with van der Waals surface area (Å²) < 4.78 is 0. The van der Waals surface area contributed by atoms with Crippen LogP contribution in [-0.4, -0.2) is 41.8 Å². The molecule has 2 unspecified atom stereocenters. The van der Waals surface area contributed by atoms with Crippen LogP contribution in [0, 0.1) is 0 Å². The fourth-order valence-electron chi connectivity index (χ4n) is 3.18. The lowest BCUT2D eigenvalue weighted by molar-refractivity contribution is 0.152. The van der Waals surface area contributed by atoms with Crippen LogP contribution in [-0.2, 0) is 0 Å². The molecule has 1 fully saturated rings. The molecule has 0 amide bonds. The van der Waals surface area contributed by atoms with E-state index in [9.17, 15) is 5.11 Å². The van der Waals surface area contributed by atoms with Crippen molar-refractivity contribution in [1.29, 1.82) is 0 Å². The third-order valence-corrected chi connectivity index (χ3v) is 4.46. The molecule has 22 heavy (non-hydrogen) atoms. The highest BCUT2D eigenvalue weighted by atomic mass is 16.3. The zero-order chi connectivity index (χ0) is 15.4. The number of benzene rings is 2. The molecule has 1 saturated heterocycles. The molecule has 0 spiro atoms. The topological polar surface area (TPSA) is 35.5 Å². The zero-order valence-electron chi connectivity index (χ0n) is 13.0. The van der Waals surface area contributed by atoms with Crippen LogP contribution in [0.5, 0.6) is 0 Å². The van der Waals surface area contributed by atoms with Gasteiger partial charge in [0.25, 0.3) is 0 Å². The SMILES string of the molecule is CCN1CC(O)C(NC(c2ccccc2)c2ccccc2)C1. The Morgan fingerprint density at radius 3 is 2.00 bits per heavy atom. The highest BCUT2D eigenvalue weighted by Crippen LogP contribution is 2.24. The van der Waals surface area contributed by atoms with E-state index in [1.807, 2.05) is 12.1 Å². The first-order chi connectivity index (χ1) is 10.8. The molecular weight excluding hydrogens is 272 g/mol. The lowest BCUT2D eigenvalue weighted by Gasteiger charge is -2.25. The first-order valence-electron chi connectivity index (χ1n) is 8.04. The molecule has 2 atom stereocenters. The number of likely N-dealkylation sites (N-methyl/N-ethyl adjacent to an activating group) is 1. The summed E-state index contributed by atoms with van der Waals surface area (Å²) >= 11 is 0. The van der Waals surface area contributed by atoms with E-state index in [1.54, 1.807) is 0 Å². The van der Waals surface area contributed by atoms with Crippen molar-refractivity contribution in [3.05, 3.63) is 71.8 Å². The fourth-order valence-corrected chi connectivity index (χ4v) is 3.18. The van der Waals surface area contributed by atoms with Crippen molar-refractivity contribution in [2.45, 2.75) is 25.1 Å². The third kappa shape index (κ3) is 3.38. The normalized spacial score (nSPS) is 22.3. The summed E-state index contributed by atoms with van der Waals surface area (Å²) in [6, 6.07) is 21.1. The van der Waals surface area contributed by atoms with Crippen molar-refractivity contribution in [1.82, 2.24) is 10.2 Å². The first-order valence-corrected chi connectivity index (χ1v) is 8.04. The molecule has 2 aromatic carbocycles. The molecule has 3 rings (SSSR count). The number of rotatable bonds is 5. The zero-order valence-corrected chi connectivity index (χ0v) is 13.0. The van der Waals surface area contributed by atoms with Gasteiger partial charge in [0.1, 0.15) is 0 Å². The summed E-state index contributed by atoms with van der Waals surface area (Å²) in [7, 11) is 0. The second-order valence-electron chi connectivity index (χ2n) is 5.95. The van der Waals surface area contributed by atoms with Crippen LogP contribution in [0.15, 0.2) is 60.7 Å². The van der Waals surface area contributed by atoms with Crippen molar-refractivity contribution in [2.24, 2.45) is 0 Å². The van der Waals surface area contributed by atoms with Gasteiger partial charge in [-0.1, -0.05) is 67.6 Å². The van der Waals surface area contributed by atoms with E-state index in [-0.39, 0.29) is 18.2 Å². The van der Waals surface area contributed by atoms with Crippen LogP contribution < -0.4 is 5.32 Å². The summed E-state index contributed by atoms with van der Waals surface area (Å²) in [6.07, 6.45) is -0.310. The maximum absolute atomic E-state index is 10.3. The number of aliphatic hydroxyl groups is 1. The molecule has 0 aliphatic carbocycles. The second-order valence-corrected chi connectivity index (χ2v) is 5.95. The summed E-state index contributed by atoms with van der Waals surface area (Å²) in [4.78, 5) is 2.29. The van der Waals surface area contributed by atoms with Gasteiger partial charge < -0.3 is 5.11 Å². The molecule has 0 saturated carbocycles. The average Bonchev–Trinajstić information content (AvgIpc) is 2.94. The molecule has 1 aliphatic heterocycles. The Hall–Kier alpha value is -1.68. The summed E-state index contributed by atoms with van der Waals surface area (Å²) in [5, 5.41) is 14.0. The quantitative estimate of drug-likeness (QED) is 0.889. The smallest absolute Gasteiger partial charge is 0.0832 e. The number of likely N-dealkylation sites (tertiary alicyclic amines) is 1. The molecule has 3 nitrogen and oxygen atoms in total. The fraction of sp³-hybridized carbons (Fsp3) is 0.368. The van der Waals surface area contributed by atoms with Crippen LogP contribution in [0.1, 0.15) is 24.1 Å². The summed E-state index contributed by atoms with van der Waals surface area (Å²) in [5.41, 5.74) is 2.46. The number of β-amino-alcohol motifs (C(OH)–C–C–N with tert-alkyl or cyclic N) is 1. The Balaban J connectivity index is 1.84. The van der Waals surface area contributed by atoms with Crippen LogP contribution in [0.4, 0.5) is 0 Å². The second kappa shape index (κ2) is 7.05. The van der Waals surface area contributed by atoms with Gasteiger partial charge in [0.15, 0.2) is 0 Å². The number of nitrogens with one attached hydrogen (secondary N) is 1. The Morgan fingerprint density at radius 1 is 1.00 bits per heavy atom. The van der Waals surface area contributed by atoms with Crippen LogP contribution in [0.2, 0.25) is 0 Å². The summed E-state index contributed by atoms with van der Waals surface area (Å²) in [5.74, 6) is 0. The molecular formula is C19H24N2O.